The molecule has 170 valence electrons. The van der Waals surface area contributed by atoms with Crippen LogP contribution in [0.4, 0.5) is 18.9 Å². The van der Waals surface area contributed by atoms with Gasteiger partial charge in [0.25, 0.3) is 5.91 Å². The second-order valence-electron chi connectivity index (χ2n) is 7.65. The van der Waals surface area contributed by atoms with Crippen LogP contribution in [0.15, 0.2) is 88.3 Å². The standard InChI is InChI=1S/C25H20BrF3N2O2/c1-16(17-6-3-2-4-7-17)30-22-15-23(18-8-5-9-21(14-18)33-25(27,28)29)31(24(22)32)20-12-10-19(26)11-13-20/h2-14,16,23H,15H2,1H3/t16-,23+/m1/s1. The number of carbonyl (C=O) groups is 1. The summed E-state index contributed by atoms with van der Waals surface area (Å²) in [6, 6.07) is 21.8. The van der Waals surface area contributed by atoms with E-state index >= 15 is 0 Å². The van der Waals surface area contributed by atoms with Gasteiger partial charge in [0.1, 0.15) is 11.5 Å². The fraction of sp³-hybridized carbons (Fsp3) is 0.200. The summed E-state index contributed by atoms with van der Waals surface area (Å²) in [7, 11) is 0. The summed E-state index contributed by atoms with van der Waals surface area (Å²) >= 11 is 3.39. The van der Waals surface area contributed by atoms with Gasteiger partial charge >= 0.3 is 6.36 Å². The number of alkyl halides is 3. The number of benzene rings is 3. The molecule has 2 atom stereocenters. The Morgan fingerprint density at radius 1 is 1.03 bits per heavy atom. The lowest BCUT2D eigenvalue weighted by Crippen LogP contribution is -2.29. The van der Waals surface area contributed by atoms with E-state index in [1.165, 1.54) is 18.2 Å². The first-order valence-corrected chi connectivity index (χ1v) is 11.1. The zero-order valence-electron chi connectivity index (χ0n) is 17.6. The molecule has 0 saturated carbocycles. The van der Waals surface area contributed by atoms with Crippen LogP contribution < -0.4 is 9.64 Å². The molecule has 0 aromatic heterocycles. The Kier molecular flexibility index (Phi) is 6.56. The van der Waals surface area contributed by atoms with E-state index in [1.807, 2.05) is 49.4 Å². The number of amides is 1. The Hall–Kier alpha value is -3.13. The maximum absolute atomic E-state index is 13.4. The highest BCUT2D eigenvalue weighted by molar-refractivity contribution is 9.10. The van der Waals surface area contributed by atoms with Gasteiger partial charge in [0.15, 0.2) is 0 Å². The predicted octanol–water partition coefficient (Wildman–Crippen LogP) is 7.03. The number of aliphatic imine (C=N–C) groups is 1. The quantitative estimate of drug-likeness (QED) is 0.365. The molecule has 1 fully saturated rings. The number of hydrogen-bond donors (Lipinski definition) is 0. The van der Waals surface area contributed by atoms with Gasteiger partial charge in [0.2, 0.25) is 0 Å². The molecule has 1 aliphatic heterocycles. The van der Waals surface area contributed by atoms with Gasteiger partial charge < -0.3 is 4.74 Å². The molecule has 1 aliphatic rings. The Balaban J connectivity index is 1.72. The number of ether oxygens (including phenoxy) is 1. The topological polar surface area (TPSA) is 41.9 Å². The van der Waals surface area contributed by atoms with Gasteiger partial charge in [-0.1, -0.05) is 58.4 Å². The molecular weight excluding hydrogens is 497 g/mol. The summed E-state index contributed by atoms with van der Waals surface area (Å²) in [4.78, 5) is 19.7. The maximum Gasteiger partial charge on any atom is 0.573 e. The molecule has 0 N–H and O–H groups in total. The molecule has 0 unspecified atom stereocenters. The summed E-state index contributed by atoms with van der Waals surface area (Å²) in [5.41, 5.74) is 2.51. The number of carbonyl (C=O) groups excluding carboxylic acids is 1. The molecule has 8 heteroatoms. The summed E-state index contributed by atoms with van der Waals surface area (Å²) in [5, 5.41) is 0. The van der Waals surface area contributed by atoms with Crippen molar-refractivity contribution in [1.82, 2.24) is 0 Å². The molecule has 1 saturated heterocycles. The summed E-state index contributed by atoms with van der Waals surface area (Å²) in [6.07, 6.45) is -4.53. The van der Waals surface area contributed by atoms with Crippen LogP contribution >= 0.6 is 15.9 Å². The van der Waals surface area contributed by atoms with Gasteiger partial charge in [-0.2, -0.15) is 0 Å². The van der Waals surface area contributed by atoms with E-state index in [1.54, 1.807) is 23.1 Å². The van der Waals surface area contributed by atoms with Crippen LogP contribution in [0.2, 0.25) is 0 Å². The molecule has 3 aromatic carbocycles. The molecule has 0 spiro atoms. The van der Waals surface area contributed by atoms with Crippen LogP contribution in [0.25, 0.3) is 0 Å². The smallest absolute Gasteiger partial charge is 0.406 e. The lowest BCUT2D eigenvalue weighted by atomic mass is 10.0. The normalized spacial score (nSPS) is 18.6. The second kappa shape index (κ2) is 9.39. The van der Waals surface area contributed by atoms with Crippen LogP contribution in [0, 0.1) is 0 Å². The van der Waals surface area contributed by atoms with Crippen molar-refractivity contribution < 1.29 is 22.7 Å². The van der Waals surface area contributed by atoms with E-state index in [4.69, 9.17) is 0 Å². The number of halogens is 4. The van der Waals surface area contributed by atoms with Crippen LogP contribution in [-0.2, 0) is 4.79 Å². The summed E-state index contributed by atoms with van der Waals surface area (Å²) in [6.45, 7) is 1.91. The zero-order valence-corrected chi connectivity index (χ0v) is 19.2. The second-order valence-corrected chi connectivity index (χ2v) is 8.57. The van der Waals surface area contributed by atoms with Gasteiger partial charge in [-0.25, -0.2) is 0 Å². The van der Waals surface area contributed by atoms with E-state index in [0.29, 0.717) is 17.0 Å². The van der Waals surface area contributed by atoms with Crippen molar-refractivity contribution in [3.8, 4) is 5.75 Å². The highest BCUT2D eigenvalue weighted by Gasteiger charge is 2.39. The molecule has 0 radical (unpaired) electrons. The minimum atomic E-state index is -4.80. The largest absolute Gasteiger partial charge is 0.573 e. The van der Waals surface area contributed by atoms with Crippen molar-refractivity contribution in [2.75, 3.05) is 4.90 Å². The van der Waals surface area contributed by atoms with E-state index in [-0.39, 0.29) is 24.1 Å². The summed E-state index contributed by atoms with van der Waals surface area (Å²) < 4.78 is 43.2. The molecule has 0 bridgehead atoms. The molecule has 33 heavy (non-hydrogen) atoms. The SMILES string of the molecule is C[C@@H](N=C1C[C@@H](c2cccc(OC(F)(F)F)c2)N(c2ccc(Br)cc2)C1=O)c1ccccc1. The molecule has 4 rings (SSSR count). The summed E-state index contributed by atoms with van der Waals surface area (Å²) in [5.74, 6) is -0.599. The predicted molar refractivity (Wildman–Crippen MR) is 124 cm³/mol. The van der Waals surface area contributed by atoms with Crippen molar-refractivity contribution in [2.24, 2.45) is 4.99 Å². The van der Waals surface area contributed by atoms with Crippen molar-refractivity contribution in [3.63, 3.8) is 0 Å². The highest BCUT2D eigenvalue weighted by Crippen LogP contribution is 2.38. The third-order valence-electron chi connectivity index (χ3n) is 5.38. The first-order valence-electron chi connectivity index (χ1n) is 10.3. The number of hydrogen-bond acceptors (Lipinski definition) is 3. The average molecular weight is 517 g/mol. The molecule has 1 heterocycles. The van der Waals surface area contributed by atoms with Gasteiger partial charge in [-0.3, -0.25) is 14.7 Å². The number of anilines is 1. The van der Waals surface area contributed by atoms with Crippen LogP contribution in [-0.4, -0.2) is 18.0 Å². The van der Waals surface area contributed by atoms with Crippen molar-refractivity contribution in [1.29, 1.82) is 0 Å². The minimum absolute atomic E-state index is 0.240. The number of nitrogens with zero attached hydrogens (tertiary/aromatic N) is 2. The Bertz CT molecular complexity index is 1160. The van der Waals surface area contributed by atoms with Crippen molar-refractivity contribution in [2.45, 2.75) is 31.8 Å². The molecular formula is C25H20BrF3N2O2. The third-order valence-corrected chi connectivity index (χ3v) is 5.91. The molecule has 3 aromatic rings. The first-order chi connectivity index (χ1) is 15.7. The fourth-order valence-corrected chi connectivity index (χ4v) is 4.14. The van der Waals surface area contributed by atoms with Crippen LogP contribution in [0.3, 0.4) is 0 Å². The Morgan fingerprint density at radius 3 is 2.39 bits per heavy atom. The molecule has 1 amide bonds. The van der Waals surface area contributed by atoms with Gasteiger partial charge in [0.05, 0.1) is 12.1 Å². The maximum atomic E-state index is 13.4. The highest BCUT2D eigenvalue weighted by atomic mass is 79.9. The molecule has 0 aliphatic carbocycles. The van der Waals surface area contributed by atoms with Gasteiger partial charge in [0, 0.05) is 16.6 Å². The number of rotatable bonds is 5. The van der Waals surface area contributed by atoms with E-state index in [0.717, 1.165) is 10.0 Å². The monoisotopic (exact) mass is 516 g/mol. The minimum Gasteiger partial charge on any atom is -0.406 e. The van der Waals surface area contributed by atoms with E-state index < -0.39 is 12.4 Å². The molecule has 4 nitrogen and oxygen atoms in total. The lowest BCUT2D eigenvalue weighted by Gasteiger charge is -2.25. The Morgan fingerprint density at radius 2 is 1.73 bits per heavy atom. The fourth-order valence-electron chi connectivity index (χ4n) is 3.87. The van der Waals surface area contributed by atoms with E-state index in [2.05, 4.69) is 25.7 Å². The zero-order chi connectivity index (χ0) is 23.6. The first kappa shape index (κ1) is 23.0. The third kappa shape index (κ3) is 5.45. The van der Waals surface area contributed by atoms with Crippen molar-refractivity contribution in [3.05, 3.63) is 94.5 Å². The van der Waals surface area contributed by atoms with Gasteiger partial charge in [-0.15, -0.1) is 13.2 Å². The van der Waals surface area contributed by atoms with Crippen molar-refractivity contribution >= 4 is 33.2 Å². The van der Waals surface area contributed by atoms with Crippen LogP contribution in [0.1, 0.15) is 36.6 Å². The Labute approximate surface area is 197 Å². The lowest BCUT2D eigenvalue weighted by molar-refractivity contribution is -0.274. The van der Waals surface area contributed by atoms with Crippen LogP contribution in [0.5, 0.6) is 5.75 Å². The van der Waals surface area contributed by atoms with E-state index in [9.17, 15) is 18.0 Å². The van der Waals surface area contributed by atoms with Gasteiger partial charge in [-0.05, 0) is 54.4 Å². The average Bonchev–Trinajstić information content (AvgIpc) is 3.10.